The second-order valence-electron chi connectivity index (χ2n) is 14.9. The second kappa shape index (κ2) is 14.2. The minimum absolute atomic E-state index is 0.00798. The van der Waals surface area contributed by atoms with Crippen molar-refractivity contribution in [1.29, 1.82) is 0 Å². The van der Waals surface area contributed by atoms with Crippen molar-refractivity contribution >= 4 is 40.2 Å². The summed E-state index contributed by atoms with van der Waals surface area (Å²) in [6.07, 6.45) is 3.10. The largest absolute Gasteiger partial charge is 0.461 e. The van der Waals surface area contributed by atoms with E-state index in [1.54, 1.807) is 23.1 Å². The average molecular weight is 751 g/mol. The van der Waals surface area contributed by atoms with Gasteiger partial charge in [-0.3, -0.25) is 9.69 Å². The SMILES string of the molecule is CC(C)c1noc(/C=C/C(=O)N2CC[C@@H](N(C)c3nc(OC[C@@]45CCCN4C[C@H](F)C5)nc4c3CNC(c3cccc5ccc(F)c(Cl)c35)C4F)C2)n1. The molecule has 11 nitrogen and oxygen atoms in total. The zero-order valence-electron chi connectivity index (χ0n) is 29.9. The summed E-state index contributed by atoms with van der Waals surface area (Å²) >= 11 is 6.47. The normalized spacial score (nSPS) is 25.8. The third-order valence-corrected chi connectivity index (χ3v) is 11.7. The van der Waals surface area contributed by atoms with Crippen LogP contribution in [0.15, 0.2) is 40.9 Å². The van der Waals surface area contributed by atoms with Gasteiger partial charge in [-0.1, -0.05) is 54.9 Å². The number of benzene rings is 2. The van der Waals surface area contributed by atoms with E-state index in [1.165, 1.54) is 18.2 Å². The molecule has 53 heavy (non-hydrogen) atoms. The third kappa shape index (κ3) is 6.63. The molecule has 4 aliphatic rings. The number of halogens is 4. The minimum atomic E-state index is -1.67. The van der Waals surface area contributed by atoms with Gasteiger partial charge in [-0.2, -0.15) is 15.0 Å². The number of carbonyl (C=O) groups is 1. The van der Waals surface area contributed by atoms with Gasteiger partial charge in [-0.05, 0) is 42.8 Å². The van der Waals surface area contributed by atoms with Crippen LogP contribution in [0.5, 0.6) is 6.01 Å². The van der Waals surface area contributed by atoms with E-state index in [0.29, 0.717) is 66.0 Å². The molecule has 5 atom stereocenters. The molecular weight excluding hydrogens is 709 g/mol. The quantitative estimate of drug-likeness (QED) is 0.191. The maximum Gasteiger partial charge on any atom is 0.318 e. The lowest BCUT2D eigenvalue weighted by atomic mass is 9.90. The first kappa shape index (κ1) is 35.7. The smallest absolute Gasteiger partial charge is 0.318 e. The predicted octanol–water partition coefficient (Wildman–Crippen LogP) is 6.49. The Hall–Kier alpha value is -4.27. The lowest BCUT2D eigenvalue weighted by Gasteiger charge is -2.35. The molecule has 8 rings (SSSR count). The number of anilines is 1. The molecule has 1 amide bonds. The molecule has 280 valence electrons. The number of hydrogen-bond acceptors (Lipinski definition) is 10. The molecule has 6 heterocycles. The van der Waals surface area contributed by atoms with E-state index in [1.807, 2.05) is 31.9 Å². The summed E-state index contributed by atoms with van der Waals surface area (Å²) in [5.74, 6) is 0.633. The molecule has 0 radical (unpaired) electrons. The van der Waals surface area contributed by atoms with Crippen LogP contribution in [0.2, 0.25) is 5.02 Å². The molecule has 2 aromatic heterocycles. The van der Waals surface area contributed by atoms with Gasteiger partial charge < -0.3 is 24.4 Å². The van der Waals surface area contributed by atoms with Crippen molar-refractivity contribution in [3.8, 4) is 6.01 Å². The van der Waals surface area contributed by atoms with Crippen LogP contribution in [0.3, 0.4) is 0 Å². The summed E-state index contributed by atoms with van der Waals surface area (Å²) < 4.78 is 57.8. The Bertz CT molecular complexity index is 2060. The van der Waals surface area contributed by atoms with Gasteiger partial charge >= 0.3 is 6.01 Å². The summed E-state index contributed by atoms with van der Waals surface area (Å²) in [4.78, 5) is 32.9. The second-order valence-corrected chi connectivity index (χ2v) is 15.3. The summed E-state index contributed by atoms with van der Waals surface area (Å²) in [5, 5.41) is 8.32. The zero-order valence-corrected chi connectivity index (χ0v) is 30.6. The Balaban J connectivity index is 1.08. The van der Waals surface area contributed by atoms with Gasteiger partial charge in [0.2, 0.25) is 5.91 Å². The molecule has 1 N–H and O–H groups in total. The fraction of sp³-hybridized carbons (Fsp3) is 0.500. The standard InChI is InChI=1S/C38H42ClF3N8O3/c1-21(2)35-44-28(53-47-35)10-11-29(51)49-15-12-24(19-49)48(3)36-26-17-43-33(25-7-4-6-22-8-9-27(41)31(39)30(22)25)32(42)34(26)45-37(46-36)52-20-38-13-5-14-50(38)18-23(40)16-38/h4,6-11,21,23-24,32-33,43H,5,12-20H2,1-3H3/b11-10+/t23-,24-,32?,33?,38+/m1/s1. The van der Waals surface area contributed by atoms with Gasteiger partial charge in [0.25, 0.3) is 5.89 Å². The van der Waals surface area contributed by atoms with E-state index in [2.05, 4.69) is 25.3 Å². The molecule has 2 unspecified atom stereocenters. The number of ether oxygens (including phenoxy) is 1. The van der Waals surface area contributed by atoms with Gasteiger partial charge in [-0.25, -0.2) is 13.2 Å². The molecule has 3 saturated heterocycles. The zero-order chi connectivity index (χ0) is 37.0. The van der Waals surface area contributed by atoms with Crippen molar-refractivity contribution in [2.75, 3.05) is 44.7 Å². The maximum atomic E-state index is 17.0. The van der Waals surface area contributed by atoms with Crippen LogP contribution < -0.4 is 15.0 Å². The minimum Gasteiger partial charge on any atom is -0.461 e. The summed E-state index contributed by atoms with van der Waals surface area (Å²) in [7, 11) is 1.88. The van der Waals surface area contributed by atoms with Crippen LogP contribution in [0.4, 0.5) is 19.0 Å². The topological polar surface area (TPSA) is 113 Å². The van der Waals surface area contributed by atoms with Crippen molar-refractivity contribution in [1.82, 2.24) is 35.2 Å². The Morgan fingerprint density at radius 2 is 2.04 bits per heavy atom. The number of fused-ring (bicyclic) bond motifs is 3. The van der Waals surface area contributed by atoms with E-state index < -0.39 is 29.7 Å². The van der Waals surface area contributed by atoms with Crippen LogP contribution in [0.1, 0.15) is 86.2 Å². The average Bonchev–Trinajstić information content (AvgIpc) is 3.96. The van der Waals surface area contributed by atoms with Crippen molar-refractivity contribution in [2.45, 2.75) is 82.0 Å². The molecular formula is C38H42ClF3N8O3. The first-order valence-electron chi connectivity index (χ1n) is 18.2. The maximum absolute atomic E-state index is 17.0. The predicted molar refractivity (Wildman–Crippen MR) is 194 cm³/mol. The molecule has 0 aliphatic carbocycles. The van der Waals surface area contributed by atoms with Gasteiger partial charge in [0.15, 0.2) is 12.0 Å². The molecule has 3 fully saturated rings. The Kier molecular flexibility index (Phi) is 9.56. The van der Waals surface area contributed by atoms with E-state index in [9.17, 15) is 13.6 Å². The number of alkyl halides is 2. The van der Waals surface area contributed by atoms with Crippen LogP contribution in [-0.2, 0) is 11.3 Å². The first-order chi connectivity index (χ1) is 25.5. The number of amides is 1. The number of carbonyl (C=O) groups excluding carboxylic acids is 1. The highest BCUT2D eigenvalue weighted by atomic mass is 35.5. The molecule has 4 aromatic rings. The lowest BCUT2D eigenvalue weighted by molar-refractivity contribution is -0.124. The Labute approximate surface area is 310 Å². The third-order valence-electron chi connectivity index (χ3n) is 11.3. The number of likely N-dealkylation sites (N-methyl/N-ethyl adjacent to an activating group) is 1. The molecule has 2 aromatic carbocycles. The summed E-state index contributed by atoms with van der Waals surface area (Å²) in [6.45, 7) is 6.39. The number of nitrogens with one attached hydrogen (secondary N) is 1. The van der Waals surface area contributed by atoms with E-state index in [0.717, 1.165) is 19.4 Å². The van der Waals surface area contributed by atoms with Gasteiger partial charge in [-0.15, -0.1) is 0 Å². The number of nitrogens with zero attached hydrogens (tertiary/aromatic N) is 7. The highest BCUT2D eigenvalue weighted by Gasteiger charge is 2.49. The van der Waals surface area contributed by atoms with Crippen molar-refractivity contribution < 1.29 is 27.2 Å². The summed E-state index contributed by atoms with van der Waals surface area (Å²) in [5.41, 5.74) is 0.786. The van der Waals surface area contributed by atoms with Gasteiger partial charge in [0.05, 0.1) is 22.3 Å². The van der Waals surface area contributed by atoms with E-state index in [4.69, 9.17) is 25.8 Å². The van der Waals surface area contributed by atoms with Gasteiger partial charge in [0.1, 0.15) is 24.4 Å². The van der Waals surface area contributed by atoms with E-state index >= 15 is 4.39 Å². The summed E-state index contributed by atoms with van der Waals surface area (Å²) in [6, 6.07) is 7.25. The van der Waals surface area contributed by atoms with Crippen LogP contribution >= 0.6 is 11.6 Å². The van der Waals surface area contributed by atoms with E-state index in [-0.39, 0.29) is 53.6 Å². The van der Waals surface area contributed by atoms with Crippen LogP contribution in [0, 0.1) is 5.82 Å². The van der Waals surface area contributed by atoms with Crippen molar-refractivity contribution in [3.05, 3.63) is 75.8 Å². The highest BCUT2D eigenvalue weighted by molar-refractivity contribution is 6.36. The molecule has 4 aliphatic heterocycles. The fourth-order valence-electron chi connectivity index (χ4n) is 8.44. The van der Waals surface area contributed by atoms with Crippen LogP contribution in [-0.4, -0.2) is 93.4 Å². The number of likely N-dealkylation sites (tertiary alicyclic amines) is 1. The lowest BCUT2D eigenvalue weighted by Crippen LogP contribution is -2.44. The molecule has 15 heteroatoms. The molecule has 0 spiro atoms. The number of rotatable bonds is 9. The molecule has 0 saturated carbocycles. The van der Waals surface area contributed by atoms with Crippen LogP contribution in [0.25, 0.3) is 16.8 Å². The highest BCUT2D eigenvalue weighted by Crippen LogP contribution is 2.45. The first-order valence-corrected chi connectivity index (χ1v) is 18.6. The molecule has 0 bridgehead atoms. The fourth-order valence-corrected chi connectivity index (χ4v) is 8.72. The van der Waals surface area contributed by atoms with Crippen molar-refractivity contribution in [2.24, 2.45) is 0 Å². The number of aromatic nitrogens is 4. The van der Waals surface area contributed by atoms with Crippen molar-refractivity contribution in [3.63, 3.8) is 0 Å². The monoisotopic (exact) mass is 750 g/mol. The Morgan fingerprint density at radius 1 is 1.19 bits per heavy atom. The number of hydrogen-bond donors (Lipinski definition) is 1. The Morgan fingerprint density at radius 3 is 2.85 bits per heavy atom. The van der Waals surface area contributed by atoms with Gasteiger partial charge in [0, 0.05) is 74.7 Å².